The molecule has 1 saturated carbocycles. The lowest BCUT2D eigenvalue weighted by Gasteiger charge is -2.09. The summed E-state index contributed by atoms with van der Waals surface area (Å²) in [6, 6.07) is 10.0. The van der Waals surface area contributed by atoms with E-state index in [1.807, 2.05) is 12.1 Å². The second kappa shape index (κ2) is 6.77. The van der Waals surface area contributed by atoms with Gasteiger partial charge in [0, 0.05) is 24.1 Å². The van der Waals surface area contributed by atoms with Crippen LogP contribution in [0, 0.1) is 6.92 Å². The monoisotopic (exact) mass is 371 g/mol. The molecule has 7 heteroatoms. The van der Waals surface area contributed by atoms with Crippen molar-refractivity contribution in [1.82, 2.24) is 24.7 Å². The third-order valence-corrected chi connectivity index (χ3v) is 5.34. The van der Waals surface area contributed by atoms with Crippen molar-refractivity contribution in [2.45, 2.75) is 49.3 Å². The Bertz CT molecular complexity index is 920. The lowest BCUT2D eigenvalue weighted by atomic mass is 10.1. The average molecular weight is 372 g/mol. The van der Waals surface area contributed by atoms with Gasteiger partial charge in [0.15, 0.2) is 11.0 Å². The molecule has 1 fully saturated rings. The molecule has 2 heterocycles. The van der Waals surface area contributed by atoms with E-state index in [9.17, 15) is 0 Å². The number of halogens is 1. The molecule has 2 aromatic heterocycles. The highest BCUT2D eigenvalue weighted by Gasteiger charge is 2.27. The molecule has 0 radical (unpaired) electrons. The Hall–Kier alpha value is -1.92. The van der Waals surface area contributed by atoms with Crippen LogP contribution in [0.3, 0.4) is 0 Å². The summed E-state index contributed by atoms with van der Waals surface area (Å²) < 4.78 is 2.11. The molecule has 0 spiro atoms. The summed E-state index contributed by atoms with van der Waals surface area (Å²) in [4.78, 5) is 8.99. The van der Waals surface area contributed by atoms with Crippen molar-refractivity contribution >= 4 is 23.4 Å². The maximum atomic E-state index is 6.18. The highest BCUT2D eigenvalue weighted by Crippen LogP contribution is 2.39. The second-order valence-electron chi connectivity index (χ2n) is 6.13. The van der Waals surface area contributed by atoms with Gasteiger partial charge in [0.25, 0.3) is 0 Å². The van der Waals surface area contributed by atoms with E-state index in [4.69, 9.17) is 11.6 Å². The minimum absolute atomic E-state index is 0.463. The number of rotatable bonds is 5. The molecule has 0 unspecified atom stereocenters. The Morgan fingerprint density at radius 1 is 1.20 bits per heavy atom. The van der Waals surface area contributed by atoms with E-state index in [2.05, 4.69) is 50.7 Å². The normalized spacial score (nSPS) is 14.0. The van der Waals surface area contributed by atoms with Gasteiger partial charge >= 0.3 is 0 Å². The standard InChI is InChI=1S/C18H18ClN5S/c1-3-24-17(13-7-5-4-6-11(13)2)22-23-18(24)25-15-10-14(19)20-16(21-15)12-8-9-12/h4-7,10,12H,3,8-9H2,1-2H3. The van der Waals surface area contributed by atoms with Gasteiger partial charge in [0.05, 0.1) is 0 Å². The van der Waals surface area contributed by atoms with Crippen LogP contribution in [0.25, 0.3) is 11.4 Å². The number of aromatic nitrogens is 5. The van der Waals surface area contributed by atoms with E-state index in [0.717, 1.165) is 46.8 Å². The van der Waals surface area contributed by atoms with Crippen LogP contribution in [0.2, 0.25) is 5.15 Å². The summed E-state index contributed by atoms with van der Waals surface area (Å²) in [6.45, 7) is 4.97. The Labute approximate surface area is 155 Å². The predicted molar refractivity (Wildman–Crippen MR) is 99.0 cm³/mol. The second-order valence-corrected chi connectivity index (χ2v) is 7.50. The topological polar surface area (TPSA) is 56.5 Å². The Morgan fingerprint density at radius 3 is 2.72 bits per heavy atom. The van der Waals surface area contributed by atoms with Gasteiger partial charge in [-0.2, -0.15) is 0 Å². The Balaban J connectivity index is 1.69. The molecule has 0 atom stereocenters. The van der Waals surface area contributed by atoms with Crippen molar-refractivity contribution in [3.63, 3.8) is 0 Å². The highest BCUT2D eigenvalue weighted by molar-refractivity contribution is 7.99. The van der Waals surface area contributed by atoms with E-state index < -0.39 is 0 Å². The van der Waals surface area contributed by atoms with Crippen molar-refractivity contribution in [2.75, 3.05) is 0 Å². The smallest absolute Gasteiger partial charge is 0.197 e. The zero-order valence-corrected chi connectivity index (χ0v) is 15.7. The third-order valence-electron chi connectivity index (χ3n) is 4.25. The Kier molecular flexibility index (Phi) is 4.48. The first-order valence-corrected chi connectivity index (χ1v) is 9.56. The molecule has 0 bridgehead atoms. The molecule has 1 aliphatic carbocycles. The first-order chi connectivity index (χ1) is 12.2. The molecule has 25 heavy (non-hydrogen) atoms. The molecular weight excluding hydrogens is 354 g/mol. The van der Waals surface area contributed by atoms with Gasteiger partial charge in [0.2, 0.25) is 0 Å². The van der Waals surface area contributed by atoms with Crippen LogP contribution in [-0.2, 0) is 6.54 Å². The number of nitrogens with zero attached hydrogens (tertiary/aromatic N) is 5. The molecule has 4 rings (SSSR count). The van der Waals surface area contributed by atoms with Gasteiger partial charge in [0.1, 0.15) is 16.0 Å². The van der Waals surface area contributed by atoms with Crippen molar-refractivity contribution in [1.29, 1.82) is 0 Å². The van der Waals surface area contributed by atoms with Crippen molar-refractivity contribution in [2.24, 2.45) is 0 Å². The SMILES string of the molecule is CCn1c(Sc2cc(Cl)nc(C3CC3)n2)nnc1-c1ccccc1C. The Morgan fingerprint density at radius 2 is 2.00 bits per heavy atom. The van der Waals surface area contributed by atoms with Crippen molar-refractivity contribution < 1.29 is 0 Å². The fourth-order valence-electron chi connectivity index (χ4n) is 2.76. The third kappa shape index (κ3) is 3.41. The fourth-order valence-corrected chi connectivity index (χ4v) is 3.91. The summed E-state index contributed by atoms with van der Waals surface area (Å²) in [5.74, 6) is 2.19. The number of hydrogen-bond donors (Lipinski definition) is 0. The largest absolute Gasteiger partial charge is 0.302 e. The van der Waals surface area contributed by atoms with Crippen LogP contribution in [0.4, 0.5) is 0 Å². The van der Waals surface area contributed by atoms with E-state index in [1.54, 1.807) is 6.07 Å². The first-order valence-electron chi connectivity index (χ1n) is 8.37. The molecule has 0 aliphatic heterocycles. The molecule has 5 nitrogen and oxygen atoms in total. The predicted octanol–water partition coefficient (Wildman–Crippen LogP) is 4.75. The molecule has 1 aliphatic rings. The van der Waals surface area contributed by atoms with Gasteiger partial charge in [-0.25, -0.2) is 9.97 Å². The van der Waals surface area contributed by atoms with Gasteiger partial charge in [-0.1, -0.05) is 35.9 Å². The number of benzene rings is 1. The molecule has 1 aromatic carbocycles. The number of aryl methyl sites for hydroxylation is 1. The van der Waals surface area contributed by atoms with Crippen molar-refractivity contribution in [3.8, 4) is 11.4 Å². The van der Waals surface area contributed by atoms with Crippen LogP contribution in [0.15, 0.2) is 40.5 Å². The molecule has 128 valence electrons. The van der Waals surface area contributed by atoms with Crippen LogP contribution in [0.5, 0.6) is 0 Å². The van der Waals surface area contributed by atoms with E-state index in [1.165, 1.54) is 17.3 Å². The molecule has 0 N–H and O–H groups in total. The average Bonchev–Trinajstić information content (AvgIpc) is 3.37. The van der Waals surface area contributed by atoms with E-state index >= 15 is 0 Å². The van der Waals surface area contributed by atoms with E-state index in [-0.39, 0.29) is 0 Å². The summed E-state index contributed by atoms with van der Waals surface area (Å²) >= 11 is 7.66. The molecule has 0 amide bonds. The molecule has 3 aromatic rings. The minimum atomic E-state index is 0.463. The molecule has 0 saturated heterocycles. The fraction of sp³-hybridized carbons (Fsp3) is 0.333. The molecular formula is C18H18ClN5S. The summed E-state index contributed by atoms with van der Waals surface area (Å²) in [7, 11) is 0. The summed E-state index contributed by atoms with van der Waals surface area (Å²) in [6.07, 6.45) is 2.29. The maximum absolute atomic E-state index is 6.18. The first kappa shape index (κ1) is 16.5. The van der Waals surface area contributed by atoms with Crippen LogP contribution < -0.4 is 0 Å². The van der Waals surface area contributed by atoms with Gasteiger partial charge in [-0.15, -0.1) is 10.2 Å². The van der Waals surface area contributed by atoms with Crippen LogP contribution >= 0.6 is 23.4 Å². The summed E-state index contributed by atoms with van der Waals surface area (Å²) in [5.41, 5.74) is 2.28. The summed E-state index contributed by atoms with van der Waals surface area (Å²) in [5, 5.41) is 10.9. The van der Waals surface area contributed by atoms with Crippen LogP contribution in [0.1, 0.15) is 37.1 Å². The maximum Gasteiger partial charge on any atom is 0.197 e. The lowest BCUT2D eigenvalue weighted by Crippen LogP contribution is -2.01. The van der Waals surface area contributed by atoms with Gasteiger partial charge < -0.3 is 4.57 Å². The lowest BCUT2D eigenvalue weighted by molar-refractivity contribution is 0.686. The van der Waals surface area contributed by atoms with E-state index in [0.29, 0.717) is 11.1 Å². The zero-order valence-electron chi connectivity index (χ0n) is 14.1. The zero-order chi connectivity index (χ0) is 17.4. The highest BCUT2D eigenvalue weighted by atomic mass is 35.5. The quantitative estimate of drug-likeness (QED) is 0.606. The van der Waals surface area contributed by atoms with Crippen LogP contribution in [-0.4, -0.2) is 24.7 Å². The van der Waals surface area contributed by atoms with Crippen molar-refractivity contribution in [3.05, 3.63) is 46.9 Å². The van der Waals surface area contributed by atoms with Gasteiger partial charge in [-0.05, 0) is 44.0 Å². The van der Waals surface area contributed by atoms with Gasteiger partial charge in [-0.3, -0.25) is 0 Å². The minimum Gasteiger partial charge on any atom is -0.302 e. The number of hydrogen-bond acceptors (Lipinski definition) is 5.